The number of hydrogen-bond donors (Lipinski definition) is 2. The van der Waals surface area contributed by atoms with Gasteiger partial charge in [-0.05, 0) is 49.8 Å². The average molecular weight is 288 g/mol. The fourth-order valence-electron chi connectivity index (χ4n) is 3.40. The Morgan fingerprint density at radius 1 is 1.24 bits per heavy atom. The van der Waals surface area contributed by atoms with E-state index in [4.69, 9.17) is 5.73 Å². The van der Waals surface area contributed by atoms with Crippen LogP contribution in [0.15, 0.2) is 18.2 Å². The van der Waals surface area contributed by atoms with Crippen molar-refractivity contribution in [3.05, 3.63) is 34.9 Å². The maximum Gasteiger partial charge on any atom is 0.220 e. The van der Waals surface area contributed by atoms with Crippen LogP contribution < -0.4 is 11.1 Å². The summed E-state index contributed by atoms with van der Waals surface area (Å²) in [4.78, 5) is 12.3. The van der Waals surface area contributed by atoms with Crippen molar-refractivity contribution in [2.75, 3.05) is 6.54 Å². The summed E-state index contributed by atoms with van der Waals surface area (Å²) in [5.74, 6) is 0.141. The normalized spacial score (nSPS) is 17.5. The van der Waals surface area contributed by atoms with Gasteiger partial charge in [0.2, 0.25) is 5.91 Å². The molecule has 116 valence electrons. The van der Waals surface area contributed by atoms with Gasteiger partial charge in [0.05, 0.1) is 0 Å². The summed E-state index contributed by atoms with van der Waals surface area (Å²) in [6, 6.07) is 6.35. The number of aryl methyl sites for hydroxylation is 2. The lowest BCUT2D eigenvalue weighted by molar-refractivity contribution is -0.124. The predicted molar refractivity (Wildman–Crippen MR) is 87.0 cm³/mol. The van der Waals surface area contributed by atoms with Crippen LogP contribution in [0.2, 0.25) is 0 Å². The molecule has 1 aliphatic carbocycles. The van der Waals surface area contributed by atoms with Crippen LogP contribution in [0.25, 0.3) is 0 Å². The van der Waals surface area contributed by atoms with Gasteiger partial charge in [0.25, 0.3) is 0 Å². The molecule has 3 heteroatoms. The van der Waals surface area contributed by atoms with Crippen molar-refractivity contribution in [2.45, 2.75) is 58.9 Å². The van der Waals surface area contributed by atoms with E-state index in [1.165, 1.54) is 36.0 Å². The van der Waals surface area contributed by atoms with E-state index in [1.807, 2.05) is 0 Å². The van der Waals surface area contributed by atoms with Crippen molar-refractivity contribution in [1.29, 1.82) is 0 Å². The molecule has 0 heterocycles. The third-order valence-electron chi connectivity index (χ3n) is 4.86. The smallest absolute Gasteiger partial charge is 0.220 e. The van der Waals surface area contributed by atoms with Crippen LogP contribution >= 0.6 is 0 Å². The highest BCUT2D eigenvalue weighted by Gasteiger charge is 2.32. The molecule has 3 N–H and O–H groups in total. The molecule has 1 aromatic rings. The number of nitrogens with one attached hydrogen (secondary N) is 1. The molecule has 0 saturated heterocycles. The summed E-state index contributed by atoms with van der Waals surface area (Å²) in [6.07, 6.45) is 6.48. The van der Waals surface area contributed by atoms with Crippen LogP contribution in [0.3, 0.4) is 0 Å². The van der Waals surface area contributed by atoms with E-state index in [9.17, 15) is 4.79 Å². The van der Waals surface area contributed by atoms with Crippen molar-refractivity contribution in [1.82, 2.24) is 5.32 Å². The molecule has 0 aromatic heterocycles. The van der Waals surface area contributed by atoms with E-state index < -0.39 is 0 Å². The Morgan fingerprint density at radius 2 is 1.95 bits per heavy atom. The fraction of sp³-hybridized carbons (Fsp3) is 0.611. The van der Waals surface area contributed by atoms with Gasteiger partial charge in [0.15, 0.2) is 0 Å². The molecule has 0 bridgehead atoms. The van der Waals surface area contributed by atoms with Gasteiger partial charge in [-0.25, -0.2) is 0 Å². The van der Waals surface area contributed by atoms with E-state index >= 15 is 0 Å². The Morgan fingerprint density at radius 3 is 2.57 bits per heavy atom. The lowest BCUT2D eigenvalue weighted by Crippen LogP contribution is -2.38. The Bertz CT molecular complexity index is 490. The molecule has 0 unspecified atom stereocenters. The summed E-state index contributed by atoms with van der Waals surface area (Å²) in [7, 11) is 0. The number of hydrogen-bond acceptors (Lipinski definition) is 2. The Hall–Kier alpha value is -1.35. The second-order valence-electron chi connectivity index (χ2n) is 6.65. The van der Waals surface area contributed by atoms with Crippen LogP contribution in [0, 0.1) is 19.3 Å². The van der Waals surface area contributed by atoms with Crippen molar-refractivity contribution in [3.8, 4) is 0 Å². The highest BCUT2D eigenvalue weighted by molar-refractivity contribution is 5.76. The van der Waals surface area contributed by atoms with Gasteiger partial charge < -0.3 is 11.1 Å². The van der Waals surface area contributed by atoms with Crippen LogP contribution in [0.1, 0.15) is 55.2 Å². The first-order valence-electron chi connectivity index (χ1n) is 8.08. The second kappa shape index (κ2) is 7.08. The lowest BCUT2D eigenvalue weighted by Gasteiger charge is -2.35. The van der Waals surface area contributed by atoms with Gasteiger partial charge in [-0.1, -0.05) is 43.0 Å². The van der Waals surface area contributed by atoms with Gasteiger partial charge in [0, 0.05) is 13.0 Å². The molecular formula is C18H28N2O. The average Bonchev–Trinajstić information content (AvgIpc) is 2.47. The Kier molecular flexibility index (Phi) is 5.40. The fourth-order valence-corrected chi connectivity index (χ4v) is 3.40. The van der Waals surface area contributed by atoms with Crippen molar-refractivity contribution < 1.29 is 4.79 Å². The molecule has 2 rings (SSSR count). The summed E-state index contributed by atoms with van der Waals surface area (Å²) in [6.45, 7) is 5.43. The largest absolute Gasteiger partial charge is 0.352 e. The Labute approximate surface area is 128 Å². The molecule has 0 radical (unpaired) electrons. The van der Waals surface area contributed by atoms with Crippen LogP contribution in [0.4, 0.5) is 0 Å². The zero-order chi connectivity index (χ0) is 15.3. The van der Waals surface area contributed by atoms with E-state index in [0.29, 0.717) is 19.5 Å². The van der Waals surface area contributed by atoms with Crippen molar-refractivity contribution >= 4 is 5.91 Å². The van der Waals surface area contributed by atoms with Crippen molar-refractivity contribution in [3.63, 3.8) is 0 Å². The highest BCUT2D eigenvalue weighted by atomic mass is 16.1. The van der Waals surface area contributed by atoms with E-state index in [2.05, 4.69) is 37.4 Å². The third-order valence-corrected chi connectivity index (χ3v) is 4.86. The molecule has 21 heavy (non-hydrogen) atoms. The standard InChI is InChI=1S/C18H28N2O/c1-14-6-7-16(15(2)10-14)12-20-17(21)11-18(13-19)8-4-3-5-9-18/h6-7,10H,3-5,8-9,11-13,19H2,1-2H3,(H,20,21). The molecule has 1 saturated carbocycles. The van der Waals surface area contributed by atoms with Gasteiger partial charge >= 0.3 is 0 Å². The highest BCUT2D eigenvalue weighted by Crippen LogP contribution is 2.38. The van der Waals surface area contributed by atoms with Gasteiger partial charge in [-0.2, -0.15) is 0 Å². The first-order chi connectivity index (χ1) is 10.0. The molecule has 0 spiro atoms. The molecule has 1 fully saturated rings. The molecule has 0 aliphatic heterocycles. The minimum absolute atomic E-state index is 0.0463. The molecular weight excluding hydrogens is 260 g/mol. The monoisotopic (exact) mass is 288 g/mol. The Balaban J connectivity index is 1.89. The molecule has 1 aliphatic rings. The van der Waals surface area contributed by atoms with Crippen LogP contribution in [0.5, 0.6) is 0 Å². The number of carbonyl (C=O) groups excluding carboxylic acids is 1. The van der Waals surface area contributed by atoms with Crippen molar-refractivity contribution in [2.24, 2.45) is 11.1 Å². The number of benzene rings is 1. The third kappa shape index (κ3) is 4.31. The van der Waals surface area contributed by atoms with Gasteiger partial charge in [0.1, 0.15) is 0 Å². The summed E-state index contributed by atoms with van der Waals surface area (Å²) < 4.78 is 0. The minimum atomic E-state index is 0.0463. The maximum atomic E-state index is 12.3. The zero-order valence-corrected chi connectivity index (χ0v) is 13.4. The summed E-state index contributed by atoms with van der Waals surface area (Å²) >= 11 is 0. The van der Waals surface area contributed by atoms with E-state index in [1.54, 1.807) is 0 Å². The lowest BCUT2D eigenvalue weighted by atomic mass is 9.71. The summed E-state index contributed by atoms with van der Waals surface area (Å²) in [5.41, 5.74) is 9.69. The van der Waals surface area contributed by atoms with Crippen LogP contribution in [-0.4, -0.2) is 12.5 Å². The zero-order valence-electron chi connectivity index (χ0n) is 13.4. The number of amides is 1. The second-order valence-corrected chi connectivity index (χ2v) is 6.65. The SMILES string of the molecule is Cc1ccc(CNC(=O)CC2(CN)CCCCC2)c(C)c1. The molecule has 3 nitrogen and oxygen atoms in total. The molecule has 1 aromatic carbocycles. The quantitative estimate of drug-likeness (QED) is 0.874. The minimum Gasteiger partial charge on any atom is -0.352 e. The van der Waals surface area contributed by atoms with E-state index in [0.717, 1.165) is 12.8 Å². The predicted octanol–water partition coefficient (Wildman–Crippen LogP) is 3.22. The maximum absolute atomic E-state index is 12.3. The first kappa shape index (κ1) is 16.0. The van der Waals surface area contributed by atoms with Gasteiger partial charge in [-0.15, -0.1) is 0 Å². The topological polar surface area (TPSA) is 55.1 Å². The molecule has 0 atom stereocenters. The van der Waals surface area contributed by atoms with E-state index in [-0.39, 0.29) is 11.3 Å². The van der Waals surface area contributed by atoms with Gasteiger partial charge in [-0.3, -0.25) is 4.79 Å². The summed E-state index contributed by atoms with van der Waals surface area (Å²) in [5, 5.41) is 3.07. The molecule has 1 amide bonds. The number of nitrogens with two attached hydrogens (primary N) is 1. The number of carbonyl (C=O) groups is 1. The first-order valence-corrected chi connectivity index (χ1v) is 8.08. The van der Waals surface area contributed by atoms with Crippen LogP contribution in [-0.2, 0) is 11.3 Å². The number of rotatable bonds is 5.